The number of carbonyl (C=O) groups excluding carboxylic acids is 1. The van der Waals surface area contributed by atoms with E-state index in [-0.39, 0.29) is 6.42 Å². The lowest BCUT2D eigenvalue weighted by Crippen LogP contribution is -2.44. The quantitative estimate of drug-likeness (QED) is 0.771. The summed E-state index contributed by atoms with van der Waals surface area (Å²) in [6.07, 6.45) is 1.57. The number of nitrogens with zero attached hydrogens (tertiary/aromatic N) is 2. The number of rotatable bonds is 5. The maximum Gasteiger partial charge on any atom is 0.408 e. The monoisotopic (exact) mass is 413 g/mol. The van der Waals surface area contributed by atoms with Crippen molar-refractivity contribution < 1.29 is 19.4 Å². The summed E-state index contributed by atoms with van der Waals surface area (Å²) in [5, 5.41) is 13.2. The number of aryl methyl sites for hydroxylation is 2. The standard InChI is InChI=1S/C23H31N3O4/c1-14-10-15(2)19-16(11-14)12-17(20(25-19)26-8-6-7-9-26)13-18(21(27)28)24-22(29)30-23(3,4)5/h10-12,18H,6-9,13H2,1-5H3,(H,24,29)(H,27,28). The minimum absolute atomic E-state index is 0.135. The molecule has 0 spiro atoms. The lowest BCUT2D eigenvalue weighted by Gasteiger charge is -2.24. The first-order chi connectivity index (χ1) is 14.0. The van der Waals surface area contributed by atoms with E-state index >= 15 is 0 Å². The molecule has 1 unspecified atom stereocenters. The van der Waals surface area contributed by atoms with Crippen LogP contribution >= 0.6 is 0 Å². The van der Waals surface area contributed by atoms with Crippen molar-refractivity contribution >= 4 is 28.8 Å². The van der Waals surface area contributed by atoms with E-state index in [4.69, 9.17) is 9.72 Å². The highest BCUT2D eigenvalue weighted by atomic mass is 16.6. The molecule has 3 rings (SSSR count). The van der Waals surface area contributed by atoms with Crippen molar-refractivity contribution in [3.63, 3.8) is 0 Å². The highest BCUT2D eigenvalue weighted by molar-refractivity contribution is 5.86. The Bertz CT molecular complexity index is 959. The number of ether oxygens (including phenoxy) is 1. The van der Waals surface area contributed by atoms with Gasteiger partial charge in [-0.3, -0.25) is 0 Å². The molecule has 162 valence electrons. The van der Waals surface area contributed by atoms with Crippen LogP contribution in [0.1, 0.15) is 50.3 Å². The van der Waals surface area contributed by atoms with Crippen molar-refractivity contribution in [1.29, 1.82) is 0 Å². The Morgan fingerprint density at radius 2 is 1.87 bits per heavy atom. The Kier molecular flexibility index (Phi) is 6.19. The molecule has 2 aromatic rings. The van der Waals surface area contributed by atoms with Crippen LogP contribution in [0, 0.1) is 13.8 Å². The van der Waals surface area contributed by atoms with Gasteiger partial charge in [0.1, 0.15) is 17.5 Å². The zero-order valence-electron chi connectivity index (χ0n) is 18.4. The van der Waals surface area contributed by atoms with Gasteiger partial charge in [0.2, 0.25) is 0 Å². The Labute approximate surface area is 177 Å². The molecule has 7 heteroatoms. The molecule has 0 aliphatic carbocycles. The lowest BCUT2D eigenvalue weighted by molar-refractivity contribution is -0.139. The molecule has 1 atom stereocenters. The Morgan fingerprint density at radius 1 is 1.20 bits per heavy atom. The summed E-state index contributed by atoms with van der Waals surface area (Å²) in [5.41, 5.74) is 3.27. The highest BCUT2D eigenvalue weighted by Gasteiger charge is 2.27. The number of aromatic nitrogens is 1. The molecule has 7 nitrogen and oxygen atoms in total. The maximum absolute atomic E-state index is 12.2. The summed E-state index contributed by atoms with van der Waals surface area (Å²) in [6, 6.07) is 5.07. The number of anilines is 1. The molecule has 1 saturated heterocycles. The van der Waals surface area contributed by atoms with Crippen LogP contribution < -0.4 is 10.2 Å². The number of benzene rings is 1. The van der Waals surface area contributed by atoms with Gasteiger partial charge in [0.15, 0.2) is 0 Å². The summed E-state index contributed by atoms with van der Waals surface area (Å²) in [7, 11) is 0. The largest absolute Gasteiger partial charge is 0.480 e. The Morgan fingerprint density at radius 3 is 2.47 bits per heavy atom. The van der Waals surface area contributed by atoms with E-state index in [1.54, 1.807) is 20.8 Å². The second-order valence-corrected chi connectivity index (χ2v) is 9.06. The van der Waals surface area contributed by atoms with Gasteiger partial charge in [-0.2, -0.15) is 0 Å². The molecule has 0 bridgehead atoms. The fraction of sp³-hybridized carbons (Fsp3) is 0.522. The minimum atomic E-state index is -1.11. The number of fused-ring (bicyclic) bond motifs is 1. The van der Waals surface area contributed by atoms with Gasteiger partial charge in [-0.15, -0.1) is 0 Å². The zero-order valence-corrected chi connectivity index (χ0v) is 18.4. The van der Waals surface area contributed by atoms with E-state index in [0.717, 1.165) is 59.3 Å². The molecule has 1 aromatic heterocycles. The fourth-order valence-corrected chi connectivity index (χ4v) is 3.91. The molecule has 1 fully saturated rings. The van der Waals surface area contributed by atoms with Gasteiger partial charge in [-0.1, -0.05) is 11.6 Å². The van der Waals surface area contributed by atoms with Crippen LogP contribution in [0.2, 0.25) is 0 Å². The van der Waals surface area contributed by atoms with Crippen LogP contribution in [0.3, 0.4) is 0 Å². The van der Waals surface area contributed by atoms with Crippen LogP contribution in [-0.2, 0) is 16.0 Å². The third-order valence-corrected chi connectivity index (χ3v) is 5.13. The second-order valence-electron chi connectivity index (χ2n) is 9.06. The highest BCUT2D eigenvalue weighted by Crippen LogP contribution is 2.29. The molecule has 1 aliphatic heterocycles. The summed E-state index contributed by atoms with van der Waals surface area (Å²) in [4.78, 5) is 31.2. The lowest BCUT2D eigenvalue weighted by atomic mass is 10.0. The van der Waals surface area contributed by atoms with E-state index in [1.165, 1.54) is 0 Å². The number of pyridine rings is 1. The van der Waals surface area contributed by atoms with E-state index in [9.17, 15) is 14.7 Å². The van der Waals surface area contributed by atoms with Crippen molar-refractivity contribution in [2.45, 2.75) is 65.5 Å². The number of carboxylic acids is 1. The molecule has 2 N–H and O–H groups in total. The molecule has 2 heterocycles. The number of alkyl carbamates (subject to hydrolysis) is 1. The smallest absolute Gasteiger partial charge is 0.408 e. The number of hydrogen-bond acceptors (Lipinski definition) is 5. The normalized spacial score (nSPS) is 15.3. The number of aliphatic carboxylic acids is 1. The third-order valence-electron chi connectivity index (χ3n) is 5.13. The molecule has 1 aliphatic rings. The molecule has 0 radical (unpaired) electrons. The van der Waals surface area contributed by atoms with Gasteiger partial charge < -0.3 is 20.1 Å². The minimum Gasteiger partial charge on any atom is -0.480 e. The summed E-state index contributed by atoms with van der Waals surface area (Å²) in [6.45, 7) is 11.1. The van der Waals surface area contributed by atoms with Crippen molar-refractivity contribution in [2.75, 3.05) is 18.0 Å². The van der Waals surface area contributed by atoms with Crippen molar-refractivity contribution in [3.8, 4) is 0 Å². The number of carboxylic acid groups (broad SMARTS) is 1. The van der Waals surface area contributed by atoms with Gasteiger partial charge in [0.05, 0.1) is 5.52 Å². The number of hydrogen-bond donors (Lipinski definition) is 2. The third kappa shape index (κ3) is 5.20. The van der Waals surface area contributed by atoms with Gasteiger partial charge in [0.25, 0.3) is 0 Å². The fourth-order valence-electron chi connectivity index (χ4n) is 3.91. The van der Waals surface area contributed by atoms with Crippen LogP contribution in [-0.4, -0.2) is 46.9 Å². The topological polar surface area (TPSA) is 91.8 Å². The SMILES string of the molecule is Cc1cc(C)c2nc(N3CCCC3)c(CC(NC(=O)OC(C)(C)C)C(=O)O)cc2c1. The Balaban J connectivity index is 1.98. The van der Waals surface area contributed by atoms with Gasteiger partial charge in [-0.25, -0.2) is 14.6 Å². The molecule has 1 amide bonds. The van der Waals surface area contributed by atoms with Gasteiger partial charge >= 0.3 is 12.1 Å². The molecule has 1 aromatic carbocycles. The number of nitrogens with one attached hydrogen (secondary N) is 1. The van der Waals surface area contributed by atoms with Gasteiger partial charge in [0, 0.05) is 24.9 Å². The van der Waals surface area contributed by atoms with E-state index in [0.29, 0.717) is 0 Å². The predicted molar refractivity (Wildman–Crippen MR) is 117 cm³/mol. The van der Waals surface area contributed by atoms with Crippen molar-refractivity contribution in [1.82, 2.24) is 10.3 Å². The predicted octanol–water partition coefficient (Wildman–Crippen LogP) is 3.97. The average molecular weight is 414 g/mol. The van der Waals surface area contributed by atoms with Crippen LogP contribution in [0.15, 0.2) is 18.2 Å². The number of amides is 1. The van der Waals surface area contributed by atoms with E-state index in [2.05, 4.69) is 22.3 Å². The summed E-state index contributed by atoms with van der Waals surface area (Å²) >= 11 is 0. The first kappa shape index (κ1) is 21.9. The summed E-state index contributed by atoms with van der Waals surface area (Å²) in [5.74, 6) is -0.294. The first-order valence-electron chi connectivity index (χ1n) is 10.4. The van der Waals surface area contributed by atoms with Crippen LogP contribution in [0.4, 0.5) is 10.6 Å². The molecular weight excluding hydrogens is 382 g/mol. The van der Waals surface area contributed by atoms with Crippen LogP contribution in [0.5, 0.6) is 0 Å². The molecule has 0 saturated carbocycles. The van der Waals surface area contributed by atoms with Gasteiger partial charge in [-0.05, 0) is 70.7 Å². The second kappa shape index (κ2) is 8.50. The molecular formula is C23H31N3O4. The molecule has 30 heavy (non-hydrogen) atoms. The Hall–Kier alpha value is -2.83. The number of carbonyl (C=O) groups is 2. The first-order valence-corrected chi connectivity index (χ1v) is 10.4. The average Bonchev–Trinajstić information content (AvgIpc) is 3.13. The maximum atomic E-state index is 12.2. The van der Waals surface area contributed by atoms with Crippen molar-refractivity contribution in [3.05, 3.63) is 34.9 Å². The van der Waals surface area contributed by atoms with E-state index < -0.39 is 23.7 Å². The van der Waals surface area contributed by atoms with E-state index in [1.807, 2.05) is 19.9 Å². The summed E-state index contributed by atoms with van der Waals surface area (Å²) < 4.78 is 5.25. The van der Waals surface area contributed by atoms with Crippen LogP contribution in [0.25, 0.3) is 10.9 Å². The van der Waals surface area contributed by atoms with Crippen molar-refractivity contribution in [2.24, 2.45) is 0 Å². The zero-order chi connectivity index (χ0) is 22.1.